The second kappa shape index (κ2) is 9.68. The molecular formula is C19H26N2O5S. The minimum Gasteiger partial charge on any atom is -0.467 e. The molecule has 0 saturated carbocycles. The van der Waals surface area contributed by atoms with Crippen molar-refractivity contribution >= 4 is 15.9 Å². The summed E-state index contributed by atoms with van der Waals surface area (Å²) >= 11 is 0. The van der Waals surface area contributed by atoms with Crippen LogP contribution >= 0.6 is 0 Å². The molecule has 0 spiro atoms. The van der Waals surface area contributed by atoms with E-state index in [1.165, 1.54) is 10.6 Å². The van der Waals surface area contributed by atoms with Crippen LogP contribution in [0.5, 0.6) is 0 Å². The molecule has 148 valence electrons. The molecule has 1 aromatic carbocycles. The molecule has 2 aromatic rings. The van der Waals surface area contributed by atoms with Gasteiger partial charge in [0, 0.05) is 19.5 Å². The summed E-state index contributed by atoms with van der Waals surface area (Å²) in [5.41, 5.74) is 0.871. The zero-order chi connectivity index (χ0) is 19.9. The second-order valence-electron chi connectivity index (χ2n) is 6.07. The molecule has 1 unspecified atom stereocenters. The highest BCUT2D eigenvalue weighted by molar-refractivity contribution is 7.89. The highest BCUT2D eigenvalue weighted by atomic mass is 32.2. The summed E-state index contributed by atoms with van der Waals surface area (Å²) in [6.45, 7) is 4.52. The molecule has 0 saturated heterocycles. The maximum Gasteiger partial charge on any atom is 0.243 e. The number of hydrogen-bond donors (Lipinski definition) is 2. The minimum absolute atomic E-state index is 0.0768. The van der Waals surface area contributed by atoms with Crippen molar-refractivity contribution in [2.24, 2.45) is 0 Å². The smallest absolute Gasteiger partial charge is 0.243 e. The van der Waals surface area contributed by atoms with Crippen molar-refractivity contribution in [3.63, 3.8) is 0 Å². The van der Waals surface area contributed by atoms with Gasteiger partial charge in [0.15, 0.2) is 0 Å². The molecule has 7 nitrogen and oxygen atoms in total. The molecule has 0 aliphatic heterocycles. The van der Waals surface area contributed by atoms with Gasteiger partial charge in [-0.25, -0.2) is 8.42 Å². The second-order valence-corrected chi connectivity index (χ2v) is 8.01. The number of aliphatic hydroxyl groups is 1. The van der Waals surface area contributed by atoms with Crippen molar-refractivity contribution in [3.8, 4) is 0 Å². The Hall–Kier alpha value is -2.16. The Bertz CT molecular complexity index is 812. The lowest BCUT2D eigenvalue weighted by Crippen LogP contribution is -2.30. The van der Waals surface area contributed by atoms with E-state index in [0.717, 1.165) is 5.56 Å². The number of benzene rings is 1. The first-order valence-corrected chi connectivity index (χ1v) is 10.4. The van der Waals surface area contributed by atoms with E-state index in [1.807, 2.05) is 0 Å². The van der Waals surface area contributed by atoms with E-state index in [1.54, 1.807) is 50.2 Å². The van der Waals surface area contributed by atoms with E-state index in [9.17, 15) is 18.3 Å². The van der Waals surface area contributed by atoms with Crippen LogP contribution in [0.1, 0.15) is 37.7 Å². The minimum atomic E-state index is -3.47. The average Bonchev–Trinajstić information content (AvgIpc) is 3.20. The first kappa shape index (κ1) is 21.1. The summed E-state index contributed by atoms with van der Waals surface area (Å²) in [6.07, 6.45) is 1.31. The maximum atomic E-state index is 12.4. The summed E-state index contributed by atoms with van der Waals surface area (Å²) in [7, 11) is -3.47. The lowest BCUT2D eigenvalue weighted by molar-refractivity contribution is -0.121. The molecular weight excluding hydrogens is 368 g/mol. The number of sulfonamides is 1. The molecule has 0 aliphatic rings. The first-order chi connectivity index (χ1) is 12.9. The van der Waals surface area contributed by atoms with Crippen LogP contribution in [0.2, 0.25) is 0 Å². The Morgan fingerprint density at radius 2 is 1.85 bits per heavy atom. The number of carbonyl (C=O) groups is 1. The van der Waals surface area contributed by atoms with Crippen molar-refractivity contribution in [1.82, 2.24) is 9.62 Å². The molecule has 0 bridgehead atoms. The Morgan fingerprint density at radius 3 is 2.41 bits per heavy atom. The number of nitrogens with zero attached hydrogens (tertiary/aromatic N) is 1. The normalized spacial score (nSPS) is 12.9. The van der Waals surface area contributed by atoms with Crippen molar-refractivity contribution in [1.29, 1.82) is 0 Å². The number of furan rings is 1. The van der Waals surface area contributed by atoms with Gasteiger partial charge < -0.3 is 14.8 Å². The first-order valence-electron chi connectivity index (χ1n) is 8.95. The highest BCUT2D eigenvalue weighted by Crippen LogP contribution is 2.17. The molecule has 1 amide bonds. The topological polar surface area (TPSA) is 99.9 Å². The van der Waals surface area contributed by atoms with Crippen molar-refractivity contribution in [2.45, 2.75) is 37.7 Å². The third-order valence-electron chi connectivity index (χ3n) is 4.27. The summed E-state index contributed by atoms with van der Waals surface area (Å²) < 4.78 is 31.4. The number of amides is 1. The summed E-state index contributed by atoms with van der Waals surface area (Å²) in [4.78, 5) is 12.2. The van der Waals surface area contributed by atoms with E-state index in [2.05, 4.69) is 5.32 Å². The quantitative estimate of drug-likeness (QED) is 0.643. The van der Waals surface area contributed by atoms with Crippen molar-refractivity contribution < 1.29 is 22.7 Å². The SMILES string of the molecule is CCN(CC)S(=O)(=O)c1ccc(CCC(=O)NCC(O)c2ccco2)cc1. The zero-order valence-corrected chi connectivity index (χ0v) is 16.4. The fourth-order valence-corrected chi connectivity index (χ4v) is 4.14. The number of aryl methyl sites for hydroxylation is 1. The lowest BCUT2D eigenvalue weighted by atomic mass is 10.1. The summed E-state index contributed by atoms with van der Waals surface area (Å²) in [5, 5.41) is 12.5. The average molecular weight is 394 g/mol. The molecule has 0 radical (unpaired) electrons. The Kier molecular flexibility index (Phi) is 7.58. The lowest BCUT2D eigenvalue weighted by Gasteiger charge is -2.18. The maximum absolute atomic E-state index is 12.4. The van der Waals surface area contributed by atoms with Crippen LogP contribution in [0.25, 0.3) is 0 Å². The number of rotatable bonds is 10. The van der Waals surface area contributed by atoms with Crippen molar-refractivity contribution in [3.05, 3.63) is 54.0 Å². The molecule has 2 rings (SSSR count). The highest BCUT2D eigenvalue weighted by Gasteiger charge is 2.21. The van der Waals surface area contributed by atoms with Crippen LogP contribution < -0.4 is 5.32 Å². The number of hydrogen-bond acceptors (Lipinski definition) is 5. The number of carbonyl (C=O) groups excluding carboxylic acids is 1. The molecule has 0 fully saturated rings. The number of nitrogens with one attached hydrogen (secondary N) is 1. The van der Waals surface area contributed by atoms with E-state index in [0.29, 0.717) is 25.3 Å². The van der Waals surface area contributed by atoms with Gasteiger partial charge >= 0.3 is 0 Å². The van der Waals surface area contributed by atoms with Crippen molar-refractivity contribution in [2.75, 3.05) is 19.6 Å². The molecule has 8 heteroatoms. The van der Waals surface area contributed by atoms with Crippen LogP contribution in [0, 0.1) is 0 Å². The molecule has 27 heavy (non-hydrogen) atoms. The van der Waals surface area contributed by atoms with Gasteiger partial charge in [0.1, 0.15) is 11.9 Å². The number of aliphatic hydroxyl groups excluding tert-OH is 1. The van der Waals surface area contributed by atoms with Gasteiger partial charge in [0.25, 0.3) is 0 Å². The summed E-state index contributed by atoms with van der Waals surface area (Å²) in [6, 6.07) is 9.90. The standard InChI is InChI=1S/C19H26N2O5S/c1-3-21(4-2)27(24,25)16-10-7-15(8-11-16)9-12-19(23)20-14-17(22)18-6-5-13-26-18/h5-8,10-11,13,17,22H,3-4,9,12,14H2,1-2H3,(H,20,23). The van der Waals surface area contributed by atoms with Crippen LogP contribution in [0.3, 0.4) is 0 Å². The van der Waals surface area contributed by atoms with E-state index >= 15 is 0 Å². The molecule has 2 N–H and O–H groups in total. The van der Waals surface area contributed by atoms with Crippen LogP contribution in [0.15, 0.2) is 52.0 Å². The monoisotopic (exact) mass is 394 g/mol. The Morgan fingerprint density at radius 1 is 1.19 bits per heavy atom. The van der Waals surface area contributed by atoms with Gasteiger partial charge in [-0.1, -0.05) is 26.0 Å². The van der Waals surface area contributed by atoms with Gasteiger partial charge in [0.05, 0.1) is 17.7 Å². The largest absolute Gasteiger partial charge is 0.467 e. The van der Waals surface area contributed by atoms with E-state index in [-0.39, 0.29) is 23.8 Å². The van der Waals surface area contributed by atoms with E-state index in [4.69, 9.17) is 4.42 Å². The fraction of sp³-hybridized carbons (Fsp3) is 0.421. The predicted molar refractivity (Wildman–Crippen MR) is 102 cm³/mol. The van der Waals surface area contributed by atoms with Gasteiger partial charge in [-0.2, -0.15) is 4.31 Å². The summed E-state index contributed by atoms with van der Waals surface area (Å²) in [5.74, 6) is 0.209. The van der Waals surface area contributed by atoms with Gasteiger partial charge in [-0.15, -0.1) is 0 Å². The third kappa shape index (κ3) is 5.66. The van der Waals surface area contributed by atoms with E-state index < -0.39 is 16.1 Å². The molecule has 0 aliphatic carbocycles. The van der Waals surface area contributed by atoms with Crippen LogP contribution in [-0.4, -0.2) is 43.4 Å². The predicted octanol–water partition coefficient (Wildman–Crippen LogP) is 2.09. The molecule has 1 aromatic heterocycles. The van der Waals surface area contributed by atoms with Crippen LogP contribution in [-0.2, 0) is 21.2 Å². The fourth-order valence-electron chi connectivity index (χ4n) is 2.68. The van der Waals surface area contributed by atoms with Crippen LogP contribution in [0.4, 0.5) is 0 Å². The Labute approximate surface area is 160 Å². The van der Waals surface area contributed by atoms with Gasteiger partial charge in [-0.05, 0) is 36.2 Å². The molecule has 1 atom stereocenters. The third-order valence-corrected chi connectivity index (χ3v) is 6.34. The molecule has 1 heterocycles. The Balaban J connectivity index is 1.85. The van der Waals surface area contributed by atoms with Gasteiger partial charge in [-0.3, -0.25) is 4.79 Å². The zero-order valence-electron chi connectivity index (χ0n) is 15.6. The van der Waals surface area contributed by atoms with Gasteiger partial charge in [0.2, 0.25) is 15.9 Å².